The second-order valence-electron chi connectivity index (χ2n) is 6.26. The molecule has 0 aromatic carbocycles. The van der Waals surface area contributed by atoms with E-state index in [1.165, 1.54) is 51.6 Å². The van der Waals surface area contributed by atoms with Gasteiger partial charge in [0.2, 0.25) is 5.91 Å². The zero-order chi connectivity index (χ0) is 13.7. The summed E-state index contributed by atoms with van der Waals surface area (Å²) in [5.74, 6) is 1.47. The summed E-state index contributed by atoms with van der Waals surface area (Å²) >= 11 is 0. The summed E-state index contributed by atoms with van der Waals surface area (Å²) in [7, 11) is 0. The Labute approximate surface area is 117 Å². The van der Waals surface area contributed by atoms with Gasteiger partial charge in [-0.25, -0.2) is 0 Å². The van der Waals surface area contributed by atoms with Gasteiger partial charge < -0.3 is 16.0 Å². The summed E-state index contributed by atoms with van der Waals surface area (Å²) in [6, 6.07) is 0.723. The van der Waals surface area contributed by atoms with Crippen molar-refractivity contribution < 1.29 is 4.79 Å². The number of nitrogens with one attached hydrogen (secondary N) is 1. The molecular weight excluding hydrogens is 238 g/mol. The first-order valence-electron chi connectivity index (χ1n) is 7.89. The van der Waals surface area contributed by atoms with Crippen molar-refractivity contribution in [3.8, 4) is 0 Å². The third-order valence-corrected chi connectivity index (χ3v) is 4.93. The highest BCUT2D eigenvalue weighted by molar-refractivity contribution is 5.72. The quantitative estimate of drug-likeness (QED) is 0.808. The third-order valence-electron chi connectivity index (χ3n) is 4.93. The highest BCUT2D eigenvalue weighted by atomic mass is 16.1. The van der Waals surface area contributed by atoms with Crippen LogP contribution in [0.5, 0.6) is 0 Å². The van der Waals surface area contributed by atoms with E-state index < -0.39 is 0 Å². The molecule has 2 unspecified atom stereocenters. The number of amides is 1. The normalized spacial score (nSPS) is 30.2. The van der Waals surface area contributed by atoms with Gasteiger partial charge in [0.1, 0.15) is 0 Å². The average Bonchev–Trinajstić information content (AvgIpc) is 2.45. The lowest BCUT2D eigenvalue weighted by atomic mass is 9.82. The van der Waals surface area contributed by atoms with Crippen molar-refractivity contribution in [1.82, 2.24) is 10.2 Å². The van der Waals surface area contributed by atoms with E-state index in [1.807, 2.05) is 0 Å². The molecule has 2 atom stereocenters. The lowest BCUT2D eigenvalue weighted by Crippen LogP contribution is -2.49. The number of likely N-dealkylation sites (tertiary alicyclic amines) is 1. The lowest BCUT2D eigenvalue weighted by molar-refractivity contribution is -0.119. The summed E-state index contributed by atoms with van der Waals surface area (Å²) < 4.78 is 0. The fourth-order valence-corrected chi connectivity index (χ4v) is 3.72. The molecule has 1 amide bonds. The van der Waals surface area contributed by atoms with E-state index in [9.17, 15) is 4.79 Å². The predicted octanol–water partition coefficient (Wildman–Crippen LogP) is 1.35. The molecule has 1 saturated carbocycles. The zero-order valence-corrected chi connectivity index (χ0v) is 12.2. The van der Waals surface area contributed by atoms with Crippen LogP contribution in [0.25, 0.3) is 0 Å². The van der Waals surface area contributed by atoms with Gasteiger partial charge >= 0.3 is 0 Å². The molecule has 0 aromatic heterocycles. The molecule has 0 radical (unpaired) electrons. The molecule has 0 spiro atoms. The minimum atomic E-state index is 0.0953. The SMILES string of the molecule is CC(=O)NCC1CCN(C2CCCCC2CN)CC1. The van der Waals surface area contributed by atoms with Crippen LogP contribution in [-0.2, 0) is 4.79 Å². The van der Waals surface area contributed by atoms with Gasteiger partial charge in [-0.05, 0) is 57.2 Å². The van der Waals surface area contributed by atoms with Crippen LogP contribution in [0.4, 0.5) is 0 Å². The number of carbonyl (C=O) groups is 1. The second kappa shape index (κ2) is 7.25. The van der Waals surface area contributed by atoms with E-state index in [0.717, 1.165) is 19.1 Å². The summed E-state index contributed by atoms with van der Waals surface area (Å²) in [6.07, 6.45) is 7.80. The minimum Gasteiger partial charge on any atom is -0.356 e. The second-order valence-corrected chi connectivity index (χ2v) is 6.26. The summed E-state index contributed by atoms with van der Waals surface area (Å²) in [5.41, 5.74) is 5.93. The van der Waals surface area contributed by atoms with Gasteiger partial charge in [-0.2, -0.15) is 0 Å². The summed E-state index contributed by atoms with van der Waals surface area (Å²) in [4.78, 5) is 13.6. The van der Waals surface area contributed by atoms with Gasteiger partial charge in [0.25, 0.3) is 0 Å². The van der Waals surface area contributed by atoms with Gasteiger partial charge in [-0.15, -0.1) is 0 Å². The summed E-state index contributed by atoms with van der Waals surface area (Å²) in [6.45, 7) is 5.67. The number of rotatable bonds is 4. The zero-order valence-electron chi connectivity index (χ0n) is 12.2. The largest absolute Gasteiger partial charge is 0.356 e. The Morgan fingerprint density at radius 3 is 2.53 bits per heavy atom. The molecule has 110 valence electrons. The minimum absolute atomic E-state index is 0.0953. The van der Waals surface area contributed by atoms with E-state index in [2.05, 4.69) is 10.2 Å². The standard InChI is InChI=1S/C15H29N3O/c1-12(19)17-11-13-6-8-18(9-7-13)15-5-3-2-4-14(15)10-16/h13-15H,2-11,16H2,1H3,(H,17,19). The monoisotopic (exact) mass is 267 g/mol. The van der Waals surface area contributed by atoms with Crippen molar-refractivity contribution >= 4 is 5.91 Å². The summed E-state index contributed by atoms with van der Waals surface area (Å²) in [5, 5.41) is 2.95. The van der Waals surface area contributed by atoms with Gasteiger partial charge in [0.05, 0.1) is 0 Å². The Morgan fingerprint density at radius 2 is 1.89 bits per heavy atom. The molecule has 3 N–H and O–H groups in total. The topological polar surface area (TPSA) is 58.4 Å². The molecule has 1 saturated heterocycles. The maximum absolute atomic E-state index is 10.9. The Kier molecular flexibility index (Phi) is 5.64. The van der Waals surface area contributed by atoms with E-state index in [1.54, 1.807) is 6.92 Å². The number of hydrogen-bond donors (Lipinski definition) is 2. The molecule has 2 aliphatic rings. The Hall–Kier alpha value is -0.610. The number of nitrogens with zero attached hydrogens (tertiary/aromatic N) is 1. The number of nitrogens with two attached hydrogens (primary N) is 1. The molecule has 4 heteroatoms. The van der Waals surface area contributed by atoms with E-state index in [0.29, 0.717) is 11.8 Å². The first-order chi connectivity index (χ1) is 9.20. The molecule has 0 aromatic rings. The fourth-order valence-electron chi connectivity index (χ4n) is 3.72. The van der Waals surface area contributed by atoms with Crippen LogP contribution in [0.3, 0.4) is 0 Å². The molecule has 2 fully saturated rings. The first-order valence-corrected chi connectivity index (χ1v) is 7.89. The first kappa shape index (κ1) is 14.8. The Balaban J connectivity index is 1.77. The highest BCUT2D eigenvalue weighted by Gasteiger charge is 2.31. The average molecular weight is 267 g/mol. The molecular formula is C15H29N3O. The van der Waals surface area contributed by atoms with Crippen LogP contribution in [0.15, 0.2) is 0 Å². The van der Waals surface area contributed by atoms with Crippen molar-refractivity contribution in [2.45, 2.75) is 51.5 Å². The fraction of sp³-hybridized carbons (Fsp3) is 0.933. The Bertz CT molecular complexity index is 287. The predicted molar refractivity (Wildman–Crippen MR) is 77.8 cm³/mol. The molecule has 1 aliphatic carbocycles. The number of carbonyl (C=O) groups excluding carboxylic acids is 1. The van der Waals surface area contributed by atoms with E-state index in [4.69, 9.17) is 5.73 Å². The highest BCUT2D eigenvalue weighted by Crippen LogP contribution is 2.30. The van der Waals surface area contributed by atoms with Crippen molar-refractivity contribution in [3.05, 3.63) is 0 Å². The molecule has 19 heavy (non-hydrogen) atoms. The lowest BCUT2D eigenvalue weighted by Gasteiger charge is -2.43. The molecule has 1 aliphatic heterocycles. The number of piperidine rings is 1. The molecule has 1 heterocycles. The van der Waals surface area contributed by atoms with Crippen molar-refractivity contribution in [2.75, 3.05) is 26.2 Å². The van der Waals surface area contributed by atoms with Gasteiger partial charge in [0.15, 0.2) is 0 Å². The number of hydrogen-bond acceptors (Lipinski definition) is 3. The van der Waals surface area contributed by atoms with Crippen LogP contribution in [0.2, 0.25) is 0 Å². The molecule has 2 rings (SSSR count). The van der Waals surface area contributed by atoms with Gasteiger partial charge in [-0.3, -0.25) is 4.79 Å². The van der Waals surface area contributed by atoms with E-state index in [-0.39, 0.29) is 5.91 Å². The van der Waals surface area contributed by atoms with Crippen molar-refractivity contribution in [2.24, 2.45) is 17.6 Å². The maximum atomic E-state index is 10.9. The van der Waals surface area contributed by atoms with Gasteiger partial charge in [-0.1, -0.05) is 12.8 Å². The smallest absolute Gasteiger partial charge is 0.216 e. The van der Waals surface area contributed by atoms with Crippen molar-refractivity contribution in [1.29, 1.82) is 0 Å². The van der Waals surface area contributed by atoms with Crippen molar-refractivity contribution in [3.63, 3.8) is 0 Å². The van der Waals surface area contributed by atoms with Crippen LogP contribution in [0.1, 0.15) is 45.4 Å². The molecule has 4 nitrogen and oxygen atoms in total. The van der Waals surface area contributed by atoms with Crippen LogP contribution >= 0.6 is 0 Å². The van der Waals surface area contributed by atoms with Crippen LogP contribution in [0, 0.1) is 11.8 Å². The van der Waals surface area contributed by atoms with E-state index >= 15 is 0 Å². The van der Waals surface area contributed by atoms with Gasteiger partial charge in [0, 0.05) is 19.5 Å². The maximum Gasteiger partial charge on any atom is 0.216 e. The van der Waals surface area contributed by atoms with Crippen LogP contribution in [-0.4, -0.2) is 43.0 Å². The third kappa shape index (κ3) is 4.18. The van der Waals surface area contributed by atoms with Crippen LogP contribution < -0.4 is 11.1 Å². The molecule has 0 bridgehead atoms. The Morgan fingerprint density at radius 1 is 1.21 bits per heavy atom.